The van der Waals surface area contributed by atoms with E-state index in [4.69, 9.17) is 0 Å². The van der Waals surface area contributed by atoms with Crippen molar-refractivity contribution in [3.05, 3.63) is 54.6 Å². The summed E-state index contributed by atoms with van der Waals surface area (Å²) in [7, 11) is -18.0. The van der Waals surface area contributed by atoms with Crippen molar-refractivity contribution in [2.75, 3.05) is 0 Å². The molecule has 0 saturated heterocycles. The zero-order valence-corrected chi connectivity index (χ0v) is 18.1. The number of hydrogen-bond acceptors (Lipinski definition) is 0. The van der Waals surface area contributed by atoms with E-state index >= 15 is 0 Å². The van der Waals surface area contributed by atoms with Crippen molar-refractivity contribution in [3.63, 3.8) is 0 Å². The summed E-state index contributed by atoms with van der Waals surface area (Å²) in [6, 6.07) is 19.7. The van der Waals surface area contributed by atoms with E-state index in [2.05, 4.69) is 54.6 Å². The number of hydrogen-bond donors (Lipinski definition) is 0. The predicted octanol–water partition coefficient (Wildman–Crippen LogP) is 6.69. The molecule has 3 aromatic carbocycles. The predicted molar refractivity (Wildman–Crippen MR) is 97.4 cm³/mol. The third-order valence-corrected chi connectivity index (χ3v) is 4.27. The molecule has 16 heteroatoms. The molecule has 3 rings (SSSR count). The summed E-state index contributed by atoms with van der Waals surface area (Å²) in [6.45, 7) is 0. The van der Waals surface area contributed by atoms with Gasteiger partial charge in [0.25, 0.3) is 0 Å². The second kappa shape index (κ2) is 12.3. The third kappa shape index (κ3) is 16.9. The van der Waals surface area contributed by atoms with Crippen molar-refractivity contribution < 1.29 is 51.8 Å². The van der Waals surface area contributed by atoms with Crippen molar-refractivity contribution in [1.82, 2.24) is 0 Å². The summed E-state index contributed by atoms with van der Waals surface area (Å²) in [4.78, 5) is 0. The zero-order chi connectivity index (χ0) is 23.8. The normalized spacial score (nSPS) is 11.5. The van der Waals surface area contributed by atoms with Crippen LogP contribution < -0.4 is -0.342 Å². The van der Waals surface area contributed by atoms with Crippen LogP contribution in [0.5, 0.6) is 0 Å². The van der Waals surface area contributed by atoms with Crippen LogP contribution in [0.2, 0.25) is 0 Å². The fourth-order valence-corrected chi connectivity index (χ4v) is 3.41. The fourth-order valence-electron chi connectivity index (χ4n) is 2.24. The Labute approximate surface area is 196 Å². The first-order chi connectivity index (χ1) is 13.4. The van der Waals surface area contributed by atoms with Gasteiger partial charge in [0, 0.05) is 0 Å². The molecule has 0 aliphatic heterocycles. The minimum absolute atomic E-state index is 0.733. The molecule has 0 spiro atoms. The molecule has 0 aromatic heterocycles. The van der Waals surface area contributed by atoms with Crippen LogP contribution in [-0.4, -0.2) is 70.7 Å². The summed E-state index contributed by atoms with van der Waals surface area (Å²) in [5.41, 5.74) is 0. The second-order valence-corrected chi connectivity index (χ2v) is 7.13. The molecular weight excluding hydrogens is 468 g/mol. The summed E-state index contributed by atoms with van der Waals surface area (Å²) < 4.78 is 119. The SMILES string of the molecule is F[B-](F)(F)F.F[B-](F)(F)F.F[B-](F)(F)F.[K][c]1cc2ccccc2c2ccccc12. The topological polar surface area (TPSA) is 0 Å². The van der Waals surface area contributed by atoms with Gasteiger partial charge in [-0.3, -0.25) is 0 Å². The molecule has 0 N–H and O–H groups in total. The Bertz CT molecular complexity index is 877. The van der Waals surface area contributed by atoms with Gasteiger partial charge in [-0.1, -0.05) is 0 Å². The van der Waals surface area contributed by atoms with Crippen LogP contribution >= 0.6 is 0 Å². The van der Waals surface area contributed by atoms with Crippen LogP contribution in [0, 0.1) is 0 Å². The van der Waals surface area contributed by atoms with Crippen LogP contribution in [0.4, 0.5) is 51.8 Å². The number of halogens is 12. The molecule has 0 nitrogen and oxygen atoms in total. The minimum atomic E-state index is -6.00. The van der Waals surface area contributed by atoms with E-state index in [9.17, 15) is 51.8 Å². The van der Waals surface area contributed by atoms with Gasteiger partial charge >= 0.3 is 147 Å². The Hall–Kier alpha value is -0.829. The van der Waals surface area contributed by atoms with Crippen molar-refractivity contribution in [2.24, 2.45) is 0 Å². The molecule has 0 saturated carbocycles. The summed E-state index contributed by atoms with van der Waals surface area (Å²) in [6.07, 6.45) is 0. The molecule has 0 aliphatic carbocycles. The van der Waals surface area contributed by atoms with Gasteiger partial charge in [-0.25, -0.2) is 0 Å². The van der Waals surface area contributed by atoms with Gasteiger partial charge < -0.3 is 51.8 Å². The first-order valence-corrected chi connectivity index (χ1v) is 9.41. The van der Waals surface area contributed by atoms with Gasteiger partial charge in [0.15, 0.2) is 0 Å². The molecule has 0 aliphatic rings. The first-order valence-electron chi connectivity index (χ1n) is 7.85. The Morgan fingerprint density at radius 2 is 0.767 bits per heavy atom. The molecule has 3 aromatic rings. The van der Waals surface area contributed by atoms with Gasteiger partial charge in [-0.05, 0) is 0 Å². The van der Waals surface area contributed by atoms with Gasteiger partial charge in [-0.2, -0.15) is 0 Å². The van der Waals surface area contributed by atoms with Crippen LogP contribution in [0.15, 0.2) is 54.6 Å². The first kappa shape index (κ1) is 29.2. The van der Waals surface area contributed by atoms with Crippen molar-refractivity contribution >= 4 is 91.9 Å². The van der Waals surface area contributed by atoms with E-state index in [1.54, 1.807) is 0 Å². The van der Waals surface area contributed by atoms with E-state index < -0.39 is 21.8 Å². The Morgan fingerprint density at radius 3 is 1.17 bits per heavy atom. The van der Waals surface area contributed by atoms with Crippen LogP contribution in [0.3, 0.4) is 0 Å². The summed E-state index contributed by atoms with van der Waals surface area (Å²) in [5, 5.41) is 5.59. The Balaban J connectivity index is 0.000000468. The zero-order valence-electron chi connectivity index (χ0n) is 15.0. The molecule has 0 unspecified atom stereocenters. The molecule has 0 amide bonds. The van der Waals surface area contributed by atoms with Crippen LogP contribution in [0.25, 0.3) is 21.5 Å². The van der Waals surface area contributed by atoms with Gasteiger partial charge in [-0.15, -0.1) is 0 Å². The average Bonchev–Trinajstić information content (AvgIpc) is 2.50. The fraction of sp³-hybridized carbons (Fsp3) is 0. The second-order valence-electron chi connectivity index (χ2n) is 5.44. The molecule has 30 heavy (non-hydrogen) atoms. The molecule has 0 fully saturated rings. The average molecular weight is 477 g/mol. The molecule has 0 radical (unpaired) electrons. The molecule has 0 atom stereocenters. The van der Waals surface area contributed by atoms with Gasteiger partial charge in [0.1, 0.15) is 0 Å². The standard InChI is InChI=1S/C14H9.3BF4.K/c1-3-7-13-11(5-1)9-10-12-6-2-4-8-14(12)13;3*2-1(3,4)5;/h1-9H;;;;/q;3*-1;. The van der Waals surface area contributed by atoms with Crippen molar-refractivity contribution in [3.8, 4) is 0 Å². The Kier molecular flexibility index (Phi) is 11.9. The maximum absolute atomic E-state index is 9.75. The van der Waals surface area contributed by atoms with Crippen LogP contribution in [0.1, 0.15) is 0 Å². The molecule has 0 heterocycles. The number of benzene rings is 3. The van der Waals surface area contributed by atoms with E-state index in [0.29, 0.717) is 0 Å². The Morgan fingerprint density at radius 1 is 0.467 bits per heavy atom. The van der Waals surface area contributed by atoms with E-state index in [1.165, 1.54) is 21.2 Å². The van der Waals surface area contributed by atoms with Gasteiger partial charge in [0.2, 0.25) is 0 Å². The maximum atomic E-state index is 9.75. The third-order valence-electron chi connectivity index (χ3n) is 2.97. The number of rotatable bonds is 0. The quantitative estimate of drug-likeness (QED) is 0.193. The summed E-state index contributed by atoms with van der Waals surface area (Å²) >= 11 is 0.733. The van der Waals surface area contributed by atoms with E-state index in [0.717, 1.165) is 49.0 Å². The van der Waals surface area contributed by atoms with Gasteiger partial charge in [0.05, 0.1) is 0 Å². The van der Waals surface area contributed by atoms with Crippen LogP contribution in [-0.2, 0) is 0 Å². The summed E-state index contributed by atoms with van der Waals surface area (Å²) in [5.74, 6) is 0. The number of fused-ring (bicyclic) bond motifs is 3. The van der Waals surface area contributed by atoms with E-state index in [-0.39, 0.29) is 0 Å². The molecule has 0 bridgehead atoms. The molecule has 162 valence electrons. The van der Waals surface area contributed by atoms with Crippen molar-refractivity contribution in [2.45, 2.75) is 0 Å². The monoisotopic (exact) mass is 477 g/mol. The van der Waals surface area contributed by atoms with Crippen molar-refractivity contribution in [1.29, 1.82) is 0 Å². The molecular formula is C14H9B3F12K-3. The van der Waals surface area contributed by atoms with E-state index in [1.807, 2.05) is 0 Å².